The second-order valence-corrected chi connectivity index (χ2v) is 3.65. The van der Waals surface area contributed by atoms with Gasteiger partial charge >= 0.3 is 0 Å². The highest BCUT2D eigenvalue weighted by atomic mass is 14.8. The van der Waals surface area contributed by atoms with Crippen LogP contribution in [0.4, 0.5) is 5.69 Å². The van der Waals surface area contributed by atoms with Crippen molar-refractivity contribution in [2.45, 2.75) is 6.42 Å². The van der Waals surface area contributed by atoms with E-state index in [2.05, 4.69) is 67.0 Å². The summed E-state index contributed by atoms with van der Waals surface area (Å²) in [4.78, 5) is 0. The minimum Gasteiger partial charge on any atom is -0.316 e. The predicted octanol–water partition coefficient (Wildman–Crippen LogP) is 2.10. The maximum absolute atomic E-state index is 2.20. The van der Waals surface area contributed by atoms with Crippen molar-refractivity contribution in [2.75, 3.05) is 7.05 Å². The molecular weight excluding hydrogens is 182 g/mol. The van der Waals surface area contributed by atoms with E-state index in [-0.39, 0.29) is 0 Å². The van der Waals surface area contributed by atoms with Gasteiger partial charge in [-0.2, -0.15) is 0 Å². The molecule has 0 saturated carbocycles. The van der Waals surface area contributed by atoms with Crippen LogP contribution in [-0.2, 0) is 6.42 Å². The second kappa shape index (κ2) is 4.76. The fraction of sp³-hybridized carbons (Fsp3) is 0.143. The molecule has 1 heteroatoms. The van der Waals surface area contributed by atoms with E-state index in [9.17, 15) is 0 Å². The van der Waals surface area contributed by atoms with Crippen LogP contribution in [-0.4, -0.2) is 7.05 Å². The molecule has 0 aliphatic rings. The van der Waals surface area contributed by atoms with Crippen LogP contribution >= 0.6 is 0 Å². The Morgan fingerprint density at radius 2 is 1.53 bits per heavy atom. The molecule has 0 aliphatic heterocycles. The SMILES string of the molecule is C[NH2+]c1ccccc1Cc1ccccc1. The maximum Gasteiger partial charge on any atom is 0.132 e. The van der Waals surface area contributed by atoms with Gasteiger partial charge in [-0.25, -0.2) is 0 Å². The molecule has 76 valence electrons. The lowest BCUT2D eigenvalue weighted by molar-refractivity contribution is -0.540. The first kappa shape index (κ1) is 9.94. The van der Waals surface area contributed by atoms with Crippen LogP contribution in [0.3, 0.4) is 0 Å². The van der Waals surface area contributed by atoms with Crippen molar-refractivity contribution < 1.29 is 5.32 Å². The molecule has 2 aromatic carbocycles. The Bertz CT molecular complexity index is 420. The van der Waals surface area contributed by atoms with Crippen molar-refractivity contribution in [3.63, 3.8) is 0 Å². The van der Waals surface area contributed by atoms with E-state index in [4.69, 9.17) is 0 Å². The zero-order valence-electron chi connectivity index (χ0n) is 8.98. The lowest BCUT2D eigenvalue weighted by Gasteiger charge is -2.04. The molecule has 0 unspecified atom stereocenters. The largest absolute Gasteiger partial charge is 0.316 e. The summed E-state index contributed by atoms with van der Waals surface area (Å²) < 4.78 is 0. The van der Waals surface area contributed by atoms with Crippen molar-refractivity contribution >= 4 is 5.69 Å². The van der Waals surface area contributed by atoms with Gasteiger partial charge in [0.25, 0.3) is 0 Å². The Hall–Kier alpha value is -1.60. The monoisotopic (exact) mass is 198 g/mol. The molecular formula is C14H16N+. The highest BCUT2D eigenvalue weighted by Crippen LogP contribution is 2.14. The predicted molar refractivity (Wildman–Crippen MR) is 63.2 cm³/mol. The van der Waals surface area contributed by atoms with E-state index >= 15 is 0 Å². The summed E-state index contributed by atoms with van der Waals surface area (Å²) in [6, 6.07) is 19.1. The molecule has 0 spiro atoms. The molecule has 0 fully saturated rings. The summed E-state index contributed by atoms with van der Waals surface area (Å²) in [5.41, 5.74) is 4.10. The number of benzene rings is 2. The Morgan fingerprint density at radius 1 is 0.867 bits per heavy atom. The van der Waals surface area contributed by atoms with Gasteiger partial charge in [-0.3, -0.25) is 0 Å². The van der Waals surface area contributed by atoms with Gasteiger partial charge in [0.1, 0.15) is 5.69 Å². The molecule has 0 saturated heterocycles. The van der Waals surface area contributed by atoms with Crippen LogP contribution in [0.2, 0.25) is 0 Å². The van der Waals surface area contributed by atoms with E-state index in [1.165, 1.54) is 16.8 Å². The smallest absolute Gasteiger partial charge is 0.132 e. The van der Waals surface area contributed by atoms with Gasteiger partial charge in [0, 0.05) is 12.0 Å². The summed E-state index contributed by atoms with van der Waals surface area (Å²) >= 11 is 0. The van der Waals surface area contributed by atoms with Crippen molar-refractivity contribution in [1.82, 2.24) is 0 Å². The summed E-state index contributed by atoms with van der Waals surface area (Å²) in [6.45, 7) is 0. The van der Waals surface area contributed by atoms with Crippen LogP contribution in [0.1, 0.15) is 11.1 Å². The summed E-state index contributed by atoms with van der Waals surface area (Å²) in [6.07, 6.45) is 1.02. The van der Waals surface area contributed by atoms with Crippen LogP contribution in [0.25, 0.3) is 0 Å². The number of quaternary nitrogens is 1. The fourth-order valence-corrected chi connectivity index (χ4v) is 1.79. The van der Waals surface area contributed by atoms with Gasteiger partial charge < -0.3 is 5.32 Å². The Kier molecular flexibility index (Phi) is 3.15. The van der Waals surface area contributed by atoms with Gasteiger partial charge in [-0.05, 0) is 11.6 Å². The van der Waals surface area contributed by atoms with E-state index in [1.54, 1.807) is 0 Å². The first-order chi connectivity index (χ1) is 7.40. The average molecular weight is 198 g/mol. The molecule has 2 aromatic rings. The summed E-state index contributed by atoms with van der Waals surface area (Å²) in [5, 5.41) is 2.16. The Labute approximate surface area is 90.8 Å². The molecule has 0 heterocycles. The standard InChI is InChI=1S/C14H15N/c1-15-14-10-6-5-9-13(14)11-12-7-3-2-4-8-12/h2-10,15H,11H2,1H3/p+1. The first-order valence-corrected chi connectivity index (χ1v) is 5.31. The quantitative estimate of drug-likeness (QED) is 0.727. The topological polar surface area (TPSA) is 16.6 Å². The van der Waals surface area contributed by atoms with Gasteiger partial charge in [-0.1, -0.05) is 48.5 Å². The third-order valence-corrected chi connectivity index (χ3v) is 2.60. The molecule has 15 heavy (non-hydrogen) atoms. The van der Waals surface area contributed by atoms with Crippen LogP contribution in [0, 0.1) is 0 Å². The van der Waals surface area contributed by atoms with E-state index in [0.29, 0.717) is 0 Å². The first-order valence-electron chi connectivity index (χ1n) is 5.31. The zero-order valence-corrected chi connectivity index (χ0v) is 8.98. The Morgan fingerprint density at radius 3 is 2.27 bits per heavy atom. The number of hydrogen-bond donors (Lipinski definition) is 1. The minimum atomic E-state index is 1.02. The van der Waals surface area contributed by atoms with Crippen LogP contribution in [0.15, 0.2) is 54.6 Å². The number of para-hydroxylation sites is 1. The number of rotatable bonds is 3. The molecule has 2 rings (SSSR count). The molecule has 2 N–H and O–H groups in total. The molecule has 0 bridgehead atoms. The maximum atomic E-state index is 2.20. The van der Waals surface area contributed by atoms with Crippen molar-refractivity contribution in [1.29, 1.82) is 0 Å². The molecule has 0 aromatic heterocycles. The fourth-order valence-electron chi connectivity index (χ4n) is 1.79. The van der Waals surface area contributed by atoms with E-state index < -0.39 is 0 Å². The molecule has 0 amide bonds. The number of nitrogens with two attached hydrogens (primary N) is 1. The van der Waals surface area contributed by atoms with Gasteiger partial charge in [0.05, 0.1) is 7.05 Å². The van der Waals surface area contributed by atoms with Crippen molar-refractivity contribution in [3.05, 3.63) is 65.7 Å². The van der Waals surface area contributed by atoms with Gasteiger partial charge in [0.2, 0.25) is 0 Å². The lowest BCUT2D eigenvalue weighted by atomic mass is 10.0. The lowest BCUT2D eigenvalue weighted by Crippen LogP contribution is -2.73. The minimum absolute atomic E-state index is 1.02. The van der Waals surface area contributed by atoms with Gasteiger partial charge in [0.15, 0.2) is 0 Å². The molecule has 0 atom stereocenters. The highest BCUT2D eigenvalue weighted by Gasteiger charge is 2.03. The summed E-state index contributed by atoms with van der Waals surface area (Å²) in [5.74, 6) is 0. The van der Waals surface area contributed by atoms with E-state index in [0.717, 1.165) is 6.42 Å². The van der Waals surface area contributed by atoms with Gasteiger partial charge in [-0.15, -0.1) is 0 Å². The van der Waals surface area contributed by atoms with Crippen molar-refractivity contribution in [3.8, 4) is 0 Å². The molecule has 0 aliphatic carbocycles. The normalized spacial score (nSPS) is 10.2. The van der Waals surface area contributed by atoms with E-state index in [1.807, 2.05) is 0 Å². The second-order valence-electron chi connectivity index (χ2n) is 3.65. The third kappa shape index (κ3) is 2.45. The van der Waals surface area contributed by atoms with Crippen LogP contribution in [0.5, 0.6) is 0 Å². The van der Waals surface area contributed by atoms with Crippen LogP contribution < -0.4 is 5.32 Å². The highest BCUT2D eigenvalue weighted by molar-refractivity contribution is 5.41. The summed E-state index contributed by atoms with van der Waals surface area (Å²) in [7, 11) is 2.09. The number of hydrogen-bond acceptors (Lipinski definition) is 0. The molecule has 0 radical (unpaired) electrons. The zero-order chi connectivity index (χ0) is 10.5. The third-order valence-electron chi connectivity index (χ3n) is 2.60. The molecule has 1 nitrogen and oxygen atoms in total. The average Bonchev–Trinajstić information content (AvgIpc) is 2.31. The van der Waals surface area contributed by atoms with Crippen molar-refractivity contribution in [2.24, 2.45) is 0 Å². The Balaban J connectivity index is 2.24.